The molecule has 1 aromatic rings. The molecule has 3 rings (SSSR count). The van der Waals surface area contributed by atoms with Crippen LogP contribution in [0.25, 0.3) is 0 Å². The lowest BCUT2D eigenvalue weighted by Gasteiger charge is -2.15. The Hall–Kier alpha value is -1.35. The van der Waals surface area contributed by atoms with Crippen molar-refractivity contribution in [3.8, 4) is 0 Å². The summed E-state index contributed by atoms with van der Waals surface area (Å²) in [5.41, 5.74) is 1.23. The van der Waals surface area contributed by atoms with E-state index in [1.807, 2.05) is 23.1 Å². The molecule has 1 N–H and O–H groups in total. The van der Waals surface area contributed by atoms with Gasteiger partial charge in [0.1, 0.15) is 0 Å². The molecular formula is C16H22N2O. The number of nitrogens with zero attached hydrogens (tertiary/aromatic N) is 1. The van der Waals surface area contributed by atoms with Gasteiger partial charge in [-0.15, -0.1) is 0 Å². The molecule has 0 radical (unpaired) electrons. The highest BCUT2D eigenvalue weighted by molar-refractivity contribution is 5.84. The quantitative estimate of drug-likeness (QED) is 0.848. The van der Waals surface area contributed by atoms with Gasteiger partial charge in [-0.25, -0.2) is 0 Å². The minimum absolute atomic E-state index is 0.0247. The van der Waals surface area contributed by atoms with E-state index in [-0.39, 0.29) is 11.9 Å². The van der Waals surface area contributed by atoms with Crippen LogP contribution in [0.3, 0.4) is 0 Å². The summed E-state index contributed by atoms with van der Waals surface area (Å²) in [6.07, 6.45) is 6.08. The number of benzene rings is 1. The molecule has 1 heterocycles. The van der Waals surface area contributed by atoms with Gasteiger partial charge >= 0.3 is 0 Å². The molecule has 1 aromatic carbocycles. The summed E-state index contributed by atoms with van der Waals surface area (Å²) in [6, 6.07) is 10.2. The Labute approximate surface area is 115 Å². The summed E-state index contributed by atoms with van der Waals surface area (Å²) >= 11 is 0. The van der Waals surface area contributed by atoms with E-state index in [0.717, 1.165) is 32.0 Å². The average Bonchev–Trinajstić information content (AvgIpc) is 3.20. The number of rotatable bonds is 6. The van der Waals surface area contributed by atoms with E-state index in [1.165, 1.54) is 24.8 Å². The number of carbonyl (C=O) groups is 1. The average molecular weight is 258 g/mol. The second-order valence-electron chi connectivity index (χ2n) is 5.79. The fourth-order valence-electron chi connectivity index (χ4n) is 2.78. The first-order valence-electron chi connectivity index (χ1n) is 7.39. The molecule has 1 unspecified atom stereocenters. The topological polar surface area (TPSA) is 32.3 Å². The SMILES string of the molecule is O=C1C(Cc2ccccc2)NCN1CCCC1CC1. The van der Waals surface area contributed by atoms with Crippen LogP contribution >= 0.6 is 0 Å². The largest absolute Gasteiger partial charge is 0.329 e. The van der Waals surface area contributed by atoms with Crippen LogP contribution in [0.4, 0.5) is 0 Å². The van der Waals surface area contributed by atoms with Crippen molar-refractivity contribution in [2.24, 2.45) is 5.92 Å². The smallest absolute Gasteiger partial charge is 0.241 e. The van der Waals surface area contributed by atoms with E-state index in [0.29, 0.717) is 0 Å². The highest BCUT2D eigenvalue weighted by atomic mass is 16.2. The van der Waals surface area contributed by atoms with Crippen molar-refractivity contribution in [1.29, 1.82) is 0 Å². The van der Waals surface area contributed by atoms with Gasteiger partial charge in [0.2, 0.25) is 5.91 Å². The lowest BCUT2D eigenvalue weighted by Crippen LogP contribution is -2.32. The Morgan fingerprint density at radius 2 is 2.00 bits per heavy atom. The van der Waals surface area contributed by atoms with E-state index >= 15 is 0 Å². The van der Waals surface area contributed by atoms with Crippen LogP contribution < -0.4 is 5.32 Å². The lowest BCUT2D eigenvalue weighted by molar-refractivity contribution is -0.128. The number of carbonyl (C=O) groups excluding carboxylic acids is 1. The van der Waals surface area contributed by atoms with Gasteiger partial charge in [-0.2, -0.15) is 0 Å². The van der Waals surface area contributed by atoms with Crippen LogP contribution in [-0.4, -0.2) is 30.1 Å². The number of hydrogen-bond donors (Lipinski definition) is 1. The van der Waals surface area contributed by atoms with E-state index in [9.17, 15) is 4.79 Å². The van der Waals surface area contributed by atoms with Crippen molar-refractivity contribution < 1.29 is 4.79 Å². The maximum Gasteiger partial charge on any atom is 0.241 e. The molecular weight excluding hydrogens is 236 g/mol. The molecule has 0 bridgehead atoms. The molecule has 0 aromatic heterocycles. The Kier molecular flexibility index (Phi) is 3.83. The third-order valence-corrected chi connectivity index (χ3v) is 4.16. The van der Waals surface area contributed by atoms with Gasteiger partial charge < -0.3 is 4.90 Å². The highest BCUT2D eigenvalue weighted by Gasteiger charge is 2.31. The third-order valence-electron chi connectivity index (χ3n) is 4.16. The minimum atomic E-state index is -0.0247. The molecule has 3 nitrogen and oxygen atoms in total. The molecule has 1 saturated heterocycles. The van der Waals surface area contributed by atoms with Crippen LogP contribution in [0, 0.1) is 5.92 Å². The molecule has 1 saturated carbocycles. The molecule has 2 aliphatic rings. The zero-order valence-electron chi connectivity index (χ0n) is 11.3. The molecule has 1 aliphatic heterocycles. The van der Waals surface area contributed by atoms with E-state index in [4.69, 9.17) is 0 Å². The van der Waals surface area contributed by atoms with Crippen molar-refractivity contribution in [1.82, 2.24) is 10.2 Å². The van der Waals surface area contributed by atoms with Crippen molar-refractivity contribution >= 4 is 5.91 Å². The molecule has 102 valence electrons. The van der Waals surface area contributed by atoms with Crippen molar-refractivity contribution in [3.63, 3.8) is 0 Å². The Balaban J connectivity index is 1.47. The van der Waals surface area contributed by atoms with E-state index < -0.39 is 0 Å². The molecule has 19 heavy (non-hydrogen) atoms. The molecule has 0 spiro atoms. The molecule has 1 aliphatic carbocycles. The van der Waals surface area contributed by atoms with Gasteiger partial charge in [-0.1, -0.05) is 43.2 Å². The Morgan fingerprint density at radius 3 is 2.74 bits per heavy atom. The lowest BCUT2D eigenvalue weighted by atomic mass is 10.1. The van der Waals surface area contributed by atoms with Crippen LogP contribution in [0.1, 0.15) is 31.2 Å². The van der Waals surface area contributed by atoms with Gasteiger partial charge in [0, 0.05) is 6.54 Å². The van der Waals surface area contributed by atoms with Crippen molar-refractivity contribution in [2.45, 2.75) is 38.1 Å². The van der Waals surface area contributed by atoms with Crippen molar-refractivity contribution in [3.05, 3.63) is 35.9 Å². The standard InChI is InChI=1S/C16H22N2O/c19-16-15(11-14-5-2-1-3-6-14)17-12-18(16)10-4-7-13-8-9-13/h1-3,5-6,13,15,17H,4,7-12H2. The summed E-state index contributed by atoms with van der Waals surface area (Å²) < 4.78 is 0. The van der Waals surface area contributed by atoms with Gasteiger partial charge in [-0.05, 0) is 30.7 Å². The fraction of sp³-hybridized carbons (Fsp3) is 0.562. The van der Waals surface area contributed by atoms with Gasteiger partial charge in [0.05, 0.1) is 12.7 Å². The normalized spacial score (nSPS) is 23.1. The van der Waals surface area contributed by atoms with Gasteiger partial charge in [-0.3, -0.25) is 10.1 Å². The van der Waals surface area contributed by atoms with E-state index in [1.54, 1.807) is 0 Å². The monoisotopic (exact) mass is 258 g/mol. The second kappa shape index (κ2) is 5.74. The first kappa shape index (κ1) is 12.7. The van der Waals surface area contributed by atoms with Crippen molar-refractivity contribution in [2.75, 3.05) is 13.2 Å². The zero-order chi connectivity index (χ0) is 13.1. The van der Waals surface area contributed by atoms with E-state index in [2.05, 4.69) is 17.4 Å². The van der Waals surface area contributed by atoms with Crippen LogP contribution in [-0.2, 0) is 11.2 Å². The second-order valence-corrected chi connectivity index (χ2v) is 5.79. The third kappa shape index (κ3) is 3.35. The van der Waals surface area contributed by atoms with Gasteiger partial charge in [0.15, 0.2) is 0 Å². The van der Waals surface area contributed by atoms with Crippen LogP contribution in [0.15, 0.2) is 30.3 Å². The predicted octanol–water partition coefficient (Wildman–Crippen LogP) is 2.18. The maximum absolute atomic E-state index is 12.3. The summed E-state index contributed by atoms with van der Waals surface area (Å²) in [5.74, 6) is 1.24. The molecule has 1 atom stereocenters. The first-order valence-corrected chi connectivity index (χ1v) is 7.39. The number of amides is 1. The predicted molar refractivity (Wildman–Crippen MR) is 75.6 cm³/mol. The fourth-order valence-corrected chi connectivity index (χ4v) is 2.78. The summed E-state index contributed by atoms with van der Waals surface area (Å²) in [5, 5.41) is 3.34. The summed E-state index contributed by atoms with van der Waals surface area (Å²) in [6.45, 7) is 1.65. The minimum Gasteiger partial charge on any atom is -0.329 e. The molecule has 3 heteroatoms. The summed E-state index contributed by atoms with van der Waals surface area (Å²) in [7, 11) is 0. The summed E-state index contributed by atoms with van der Waals surface area (Å²) in [4.78, 5) is 14.2. The van der Waals surface area contributed by atoms with Gasteiger partial charge in [0.25, 0.3) is 0 Å². The highest BCUT2D eigenvalue weighted by Crippen LogP contribution is 2.33. The Bertz CT molecular complexity index is 428. The molecule has 2 fully saturated rings. The van der Waals surface area contributed by atoms with Crippen LogP contribution in [0.5, 0.6) is 0 Å². The van der Waals surface area contributed by atoms with Crippen LogP contribution in [0.2, 0.25) is 0 Å². The Morgan fingerprint density at radius 1 is 1.21 bits per heavy atom. The number of hydrogen-bond acceptors (Lipinski definition) is 2. The number of nitrogens with one attached hydrogen (secondary N) is 1. The maximum atomic E-state index is 12.3. The molecule has 1 amide bonds. The zero-order valence-corrected chi connectivity index (χ0v) is 11.3. The first-order chi connectivity index (χ1) is 9.33.